The van der Waals surface area contributed by atoms with Gasteiger partial charge in [0.15, 0.2) is 0 Å². The highest BCUT2D eigenvalue weighted by atomic mass is 16.5. The van der Waals surface area contributed by atoms with Crippen LogP contribution in [0.25, 0.3) is 21.5 Å². The number of rotatable bonds is 11. The fourth-order valence-electron chi connectivity index (χ4n) is 3.72. The Bertz CT molecular complexity index is 932. The summed E-state index contributed by atoms with van der Waals surface area (Å²) in [6.45, 7) is 7.65. The van der Waals surface area contributed by atoms with Gasteiger partial charge in [-0.25, -0.2) is 0 Å². The van der Waals surface area contributed by atoms with Crippen LogP contribution in [0.5, 0.6) is 5.75 Å². The number of ether oxygens (including phenoxy) is 2. The molecule has 3 aromatic rings. The lowest BCUT2D eigenvalue weighted by Crippen LogP contribution is -2.23. The van der Waals surface area contributed by atoms with Crippen molar-refractivity contribution in [2.45, 2.75) is 59.0 Å². The molecule has 1 N–H and O–H groups in total. The fourth-order valence-corrected chi connectivity index (χ4v) is 3.72. The van der Waals surface area contributed by atoms with Crippen molar-refractivity contribution >= 4 is 21.5 Å². The van der Waals surface area contributed by atoms with Crippen LogP contribution in [0.15, 0.2) is 42.5 Å². The number of aliphatic hydroxyl groups is 1. The largest absolute Gasteiger partial charge is 0.489 e. The minimum Gasteiger partial charge on any atom is -0.489 e. The Hall–Kier alpha value is -2.10. The van der Waals surface area contributed by atoms with Crippen LogP contribution in [-0.2, 0) is 4.74 Å². The molecule has 0 heterocycles. The lowest BCUT2D eigenvalue weighted by Gasteiger charge is -2.17. The molecule has 0 bridgehead atoms. The summed E-state index contributed by atoms with van der Waals surface area (Å²) >= 11 is 0. The lowest BCUT2D eigenvalue weighted by atomic mass is 9.99. The van der Waals surface area contributed by atoms with Crippen LogP contribution in [0, 0.1) is 13.8 Å². The molecule has 0 radical (unpaired) electrons. The monoisotopic (exact) mass is 394 g/mol. The molecule has 3 nitrogen and oxygen atoms in total. The summed E-state index contributed by atoms with van der Waals surface area (Å²) in [5.41, 5.74) is 2.42. The zero-order valence-corrected chi connectivity index (χ0v) is 18.0. The number of hydrogen-bond acceptors (Lipinski definition) is 3. The van der Waals surface area contributed by atoms with Crippen molar-refractivity contribution in [3.8, 4) is 5.75 Å². The molecule has 0 saturated heterocycles. The summed E-state index contributed by atoms with van der Waals surface area (Å²) in [5.74, 6) is 0.847. The number of unbranched alkanes of at least 4 members (excludes halogenated alkanes) is 4. The van der Waals surface area contributed by atoms with Gasteiger partial charge in [-0.15, -0.1) is 0 Å². The third kappa shape index (κ3) is 5.94. The van der Waals surface area contributed by atoms with Crippen LogP contribution in [0.2, 0.25) is 0 Å². The van der Waals surface area contributed by atoms with Gasteiger partial charge in [-0.05, 0) is 43.2 Å². The van der Waals surface area contributed by atoms with Crippen molar-refractivity contribution in [3.63, 3.8) is 0 Å². The van der Waals surface area contributed by atoms with Crippen molar-refractivity contribution in [2.75, 3.05) is 19.8 Å². The summed E-state index contributed by atoms with van der Waals surface area (Å²) in [4.78, 5) is 0. The van der Waals surface area contributed by atoms with Crippen molar-refractivity contribution in [2.24, 2.45) is 0 Å². The second kappa shape index (κ2) is 10.6. The van der Waals surface area contributed by atoms with Crippen LogP contribution in [0.4, 0.5) is 0 Å². The summed E-state index contributed by atoms with van der Waals surface area (Å²) in [7, 11) is 0. The first kappa shape index (κ1) is 21.6. The number of benzene rings is 3. The maximum Gasteiger partial charge on any atom is 0.135 e. The van der Waals surface area contributed by atoms with Gasteiger partial charge in [0.1, 0.15) is 18.5 Å². The predicted molar refractivity (Wildman–Crippen MR) is 122 cm³/mol. The topological polar surface area (TPSA) is 38.7 Å². The Morgan fingerprint density at radius 3 is 2.38 bits per heavy atom. The molecule has 0 saturated carbocycles. The molecule has 0 aliphatic carbocycles. The highest BCUT2D eigenvalue weighted by Crippen LogP contribution is 2.36. The molecule has 0 amide bonds. The first-order valence-corrected chi connectivity index (χ1v) is 10.9. The Kier molecular flexibility index (Phi) is 7.91. The number of hydrogen-bond donors (Lipinski definition) is 1. The molecule has 3 heteroatoms. The van der Waals surface area contributed by atoms with E-state index < -0.39 is 6.10 Å². The van der Waals surface area contributed by atoms with Gasteiger partial charge >= 0.3 is 0 Å². The van der Waals surface area contributed by atoms with E-state index in [4.69, 9.17) is 9.47 Å². The highest BCUT2D eigenvalue weighted by molar-refractivity contribution is 6.05. The van der Waals surface area contributed by atoms with Gasteiger partial charge in [-0.1, -0.05) is 74.1 Å². The Morgan fingerprint density at radius 1 is 0.793 bits per heavy atom. The minimum absolute atomic E-state index is 0.228. The van der Waals surface area contributed by atoms with Gasteiger partial charge in [0, 0.05) is 17.4 Å². The average molecular weight is 395 g/mol. The van der Waals surface area contributed by atoms with E-state index in [-0.39, 0.29) is 6.61 Å². The molecule has 1 unspecified atom stereocenters. The van der Waals surface area contributed by atoms with E-state index in [1.165, 1.54) is 36.8 Å². The predicted octanol–water partition coefficient (Wildman–Crippen LogP) is 6.34. The van der Waals surface area contributed by atoms with E-state index in [9.17, 15) is 5.11 Å². The summed E-state index contributed by atoms with van der Waals surface area (Å²) < 4.78 is 11.8. The molecule has 3 aromatic carbocycles. The third-order valence-corrected chi connectivity index (χ3v) is 5.34. The van der Waals surface area contributed by atoms with Crippen LogP contribution in [0.3, 0.4) is 0 Å². The molecule has 3 rings (SSSR count). The standard InChI is InChI=1S/C26H34O3/c1-4-5-6-7-8-13-28-17-23(27)18-29-26-24-12-10-19(2)14-22(24)16-21-11-9-20(3)15-25(21)26/h9-12,14-16,23,27H,4-8,13,17-18H2,1-3H3. The summed E-state index contributed by atoms with van der Waals surface area (Å²) in [6.07, 6.45) is 5.42. The van der Waals surface area contributed by atoms with E-state index in [0.717, 1.165) is 33.7 Å². The van der Waals surface area contributed by atoms with Gasteiger partial charge in [0.2, 0.25) is 0 Å². The molecule has 0 aliphatic rings. The number of aliphatic hydroxyl groups excluding tert-OH is 1. The van der Waals surface area contributed by atoms with Crippen molar-refractivity contribution in [1.82, 2.24) is 0 Å². The molecule has 156 valence electrons. The maximum absolute atomic E-state index is 10.3. The molecular formula is C26H34O3. The first-order chi connectivity index (χ1) is 14.1. The Labute approximate surface area is 174 Å². The lowest BCUT2D eigenvalue weighted by molar-refractivity contribution is 0.0115. The second-order valence-electron chi connectivity index (χ2n) is 8.11. The Morgan fingerprint density at radius 2 is 1.55 bits per heavy atom. The average Bonchev–Trinajstić information content (AvgIpc) is 2.70. The normalized spacial score (nSPS) is 12.6. The molecular weight excluding hydrogens is 360 g/mol. The van der Waals surface area contributed by atoms with Crippen LogP contribution in [-0.4, -0.2) is 31.0 Å². The molecule has 29 heavy (non-hydrogen) atoms. The van der Waals surface area contributed by atoms with Gasteiger partial charge < -0.3 is 14.6 Å². The summed E-state index contributed by atoms with van der Waals surface area (Å²) in [5, 5.41) is 14.8. The number of aryl methyl sites for hydroxylation is 2. The molecule has 0 spiro atoms. The molecule has 0 aliphatic heterocycles. The molecule has 0 aromatic heterocycles. The summed E-state index contributed by atoms with van der Waals surface area (Å²) in [6, 6.07) is 15.0. The van der Waals surface area contributed by atoms with Crippen LogP contribution in [0.1, 0.15) is 50.2 Å². The Balaban J connectivity index is 1.66. The SMILES string of the molecule is CCCCCCCOCC(O)COc1c2ccc(C)cc2cc2ccc(C)cc12. The van der Waals surface area contributed by atoms with Crippen molar-refractivity contribution in [1.29, 1.82) is 0 Å². The van der Waals surface area contributed by atoms with Gasteiger partial charge in [0.25, 0.3) is 0 Å². The first-order valence-electron chi connectivity index (χ1n) is 10.9. The van der Waals surface area contributed by atoms with Gasteiger partial charge in [-0.3, -0.25) is 0 Å². The van der Waals surface area contributed by atoms with Crippen LogP contribution < -0.4 is 4.74 Å². The third-order valence-electron chi connectivity index (χ3n) is 5.34. The highest BCUT2D eigenvalue weighted by Gasteiger charge is 2.12. The zero-order chi connectivity index (χ0) is 20.6. The van der Waals surface area contributed by atoms with Crippen molar-refractivity contribution in [3.05, 3.63) is 53.6 Å². The second-order valence-corrected chi connectivity index (χ2v) is 8.11. The maximum atomic E-state index is 10.3. The smallest absolute Gasteiger partial charge is 0.135 e. The van der Waals surface area contributed by atoms with E-state index in [1.54, 1.807) is 0 Å². The quantitative estimate of drug-likeness (QED) is 0.305. The molecule has 0 fully saturated rings. The van der Waals surface area contributed by atoms with Gasteiger partial charge in [0.05, 0.1) is 6.61 Å². The van der Waals surface area contributed by atoms with E-state index >= 15 is 0 Å². The minimum atomic E-state index is -0.633. The van der Waals surface area contributed by atoms with E-state index in [0.29, 0.717) is 13.2 Å². The van der Waals surface area contributed by atoms with E-state index in [1.807, 2.05) is 0 Å². The fraction of sp³-hybridized carbons (Fsp3) is 0.462. The van der Waals surface area contributed by atoms with Gasteiger partial charge in [-0.2, -0.15) is 0 Å². The van der Waals surface area contributed by atoms with Crippen molar-refractivity contribution < 1.29 is 14.6 Å². The zero-order valence-electron chi connectivity index (χ0n) is 18.0. The van der Waals surface area contributed by atoms with E-state index in [2.05, 4.69) is 63.2 Å². The van der Waals surface area contributed by atoms with Crippen LogP contribution >= 0.6 is 0 Å². The molecule has 1 atom stereocenters. The number of fused-ring (bicyclic) bond motifs is 2.